The molecule has 0 atom stereocenters. The first kappa shape index (κ1) is 17.4. The first-order valence-corrected chi connectivity index (χ1v) is 7.92. The molecule has 0 amide bonds. The molecule has 1 aliphatic heterocycles. The third-order valence-corrected chi connectivity index (χ3v) is 4.30. The van der Waals surface area contributed by atoms with E-state index >= 15 is 0 Å². The fourth-order valence-electron chi connectivity index (χ4n) is 2.87. The summed E-state index contributed by atoms with van der Waals surface area (Å²) >= 11 is 6.07. The number of aromatic amines is 1. The molecule has 120 valence electrons. The lowest BCUT2D eigenvalue weighted by Crippen LogP contribution is -2.41. The number of nitrogens with zero attached hydrogens (tertiary/aromatic N) is 2. The van der Waals surface area contributed by atoms with Crippen molar-refractivity contribution < 1.29 is 0 Å². The third kappa shape index (κ3) is 4.07. The highest BCUT2D eigenvalue weighted by molar-refractivity contribution is 14.0. The van der Waals surface area contributed by atoms with E-state index in [2.05, 4.69) is 14.9 Å². The van der Waals surface area contributed by atoms with Gasteiger partial charge in [-0.3, -0.25) is 4.99 Å². The molecule has 6 heteroatoms. The van der Waals surface area contributed by atoms with Gasteiger partial charge in [-0.2, -0.15) is 0 Å². The Morgan fingerprint density at radius 2 is 2.05 bits per heavy atom. The summed E-state index contributed by atoms with van der Waals surface area (Å²) in [5.41, 5.74) is 8.42. The largest absolute Gasteiger partial charge is 0.370 e. The molecule has 0 unspecified atom stereocenters. The summed E-state index contributed by atoms with van der Waals surface area (Å²) < 4.78 is 0. The zero-order valence-electron chi connectivity index (χ0n) is 12.5. The number of fused-ring (bicyclic) bond motifs is 1. The Morgan fingerprint density at radius 1 is 1.27 bits per heavy atom. The molecule has 1 aromatic carbocycles. The maximum atomic E-state index is 6.07. The van der Waals surface area contributed by atoms with Gasteiger partial charge in [0.05, 0.1) is 0 Å². The average Bonchev–Trinajstić information content (AvgIpc) is 2.90. The van der Waals surface area contributed by atoms with Crippen molar-refractivity contribution in [2.75, 3.05) is 19.6 Å². The predicted octanol–water partition coefficient (Wildman–Crippen LogP) is 3.78. The number of halogens is 2. The maximum Gasteiger partial charge on any atom is 0.191 e. The smallest absolute Gasteiger partial charge is 0.191 e. The molecule has 1 aliphatic rings. The molecule has 4 nitrogen and oxygen atoms in total. The molecule has 22 heavy (non-hydrogen) atoms. The molecule has 1 saturated heterocycles. The maximum absolute atomic E-state index is 6.07. The number of nitrogens with two attached hydrogens (primary N) is 1. The Labute approximate surface area is 153 Å². The molecule has 2 aromatic rings. The SMILES string of the molecule is I.NC(=NCCc1c[nH]c2ccc(Cl)cc12)N1CCCCC1. The van der Waals surface area contributed by atoms with Crippen LogP contribution in [0.2, 0.25) is 5.02 Å². The number of guanidine groups is 1. The monoisotopic (exact) mass is 432 g/mol. The summed E-state index contributed by atoms with van der Waals surface area (Å²) in [4.78, 5) is 9.98. The van der Waals surface area contributed by atoms with Gasteiger partial charge >= 0.3 is 0 Å². The van der Waals surface area contributed by atoms with Crippen molar-refractivity contribution >= 4 is 52.4 Å². The van der Waals surface area contributed by atoms with Crippen LogP contribution in [0.3, 0.4) is 0 Å². The first-order chi connectivity index (χ1) is 10.2. The summed E-state index contributed by atoms with van der Waals surface area (Å²) in [6.07, 6.45) is 6.65. The standard InChI is InChI=1S/C16H21ClN4.HI/c17-13-4-5-15-14(10-13)12(11-20-15)6-7-19-16(18)21-8-2-1-3-9-21;/h4-5,10-11,20H,1-3,6-9H2,(H2,18,19);1H. The minimum absolute atomic E-state index is 0. The van der Waals surface area contributed by atoms with E-state index in [-0.39, 0.29) is 24.0 Å². The van der Waals surface area contributed by atoms with Gasteiger partial charge in [-0.1, -0.05) is 11.6 Å². The molecule has 3 rings (SSSR count). The van der Waals surface area contributed by atoms with Crippen molar-refractivity contribution in [3.63, 3.8) is 0 Å². The van der Waals surface area contributed by atoms with Crippen LogP contribution in [0.4, 0.5) is 0 Å². The van der Waals surface area contributed by atoms with Crippen molar-refractivity contribution in [3.8, 4) is 0 Å². The van der Waals surface area contributed by atoms with Gasteiger partial charge in [0.25, 0.3) is 0 Å². The molecule has 3 N–H and O–H groups in total. The molecule has 0 aliphatic carbocycles. The van der Waals surface area contributed by atoms with Crippen molar-refractivity contribution in [1.82, 2.24) is 9.88 Å². The molecule has 1 fully saturated rings. The highest BCUT2D eigenvalue weighted by atomic mass is 127. The summed E-state index contributed by atoms with van der Waals surface area (Å²) in [6.45, 7) is 2.79. The Bertz CT molecular complexity index is 647. The van der Waals surface area contributed by atoms with Crippen LogP contribution in [0, 0.1) is 0 Å². The molecule has 0 bridgehead atoms. The van der Waals surface area contributed by atoms with E-state index in [0.717, 1.165) is 30.0 Å². The van der Waals surface area contributed by atoms with E-state index in [1.165, 1.54) is 30.2 Å². The van der Waals surface area contributed by atoms with Crippen LogP contribution in [0.15, 0.2) is 29.4 Å². The quantitative estimate of drug-likeness (QED) is 0.440. The van der Waals surface area contributed by atoms with Crippen LogP contribution in [-0.2, 0) is 6.42 Å². The van der Waals surface area contributed by atoms with Crippen molar-refractivity contribution in [1.29, 1.82) is 0 Å². The van der Waals surface area contributed by atoms with Gasteiger partial charge in [0.1, 0.15) is 0 Å². The van der Waals surface area contributed by atoms with Crippen molar-refractivity contribution in [3.05, 3.63) is 35.0 Å². The predicted molar refractivity (Wildman–Crippen MR) is 104 cm³/mol. The second-order valence-electron chi connectivity index (χ2n) is 5.54. The number of hydrogen-bond donors (Lipinski definition) is 2. The molecule has 0 radical (unpaired) electrons. The summed E-state index contributed by atoms with van der Waals surface area (Å²) in [5, 5.41) is 1.94. The Hall–Kier alpha value is -0.950. The van der Waals surface area contributed by atoms with E-state index in [1.807, 2.05) is 24.4 Å². The first-order valence-electron chi connectivity index (χ1n) is 7.54. The van der Waals surface area contributed by atoms with E-state index in [9.17, 15) is 0 Å². The summed E-state index contributed by atoms with van der Waals surface area (Å²) in [5.74, 6) is 0.688. The fourth-order valence-corrected chi connectivity index (χ4v) is 3.04. The number of piperidine rings is 1. The molecule has 0 spiro atoms. The number of nitrogens with one attached hydrogen (secondary N) is 1. The van der Waals surface area contributed by atoms with Crippen LogP contribution in [-0.4, -0.2) is 35.5 Å². The number of benzene rings is 1. The van der Waals surface area contributed by atoms with Crippen LogP contribution in [0.5, 0.6) is 0 Å². The Morgan fingerprint density at radius 3 is 2.82 bits per heavy atom. The van der Waals surface area contributed by atoms with E-state index in [1.54, 1.807) is 0 Å². The van der Waals surface area contributed by atoms with Gasteiger partial charge < -0.3 is 15.6 Å². The van der Waals surface area contributed by atoms with E-state index in [0.29, 0.717) is 12.5 Å². The number of aromatic nitrogens is 1. The Balaban J connectivity index is 0.00000176. The van der Waals surface area contributed by atoms with Crippen LogP contribution in [0.1, 0.15) is 24.8 Å². The van der Waals surface area contributed by atoms with E-state index in [4.69, 9.17) is 17.3 Å². The average molecular weight is 433 g/mol. The topological polar surface area (TPSA) is 57.4 Å². The summed E-state index contributed by atoms with van der Waals surface area (Å²) in [7, 11) is 0. The number of H-pyrrole nitrogens is 1. The minimum Gasteiger partial charge on any atom is -0.370 e. The lowest BCUT2D eigenvalue weighted by atomic mass is 10.1. The number of likely N-dealkylation sites (tertiary alicyclic amines) is 1. The van der Waals surface area contributed by atoms with E-state index < -0.39 is 0 Å². The fraction of sp³-hybridized carbons (Fsp3) is 0.438. The van der Waals surface area contributed by atoms with Gasteiger partial charge in [-0.25, -0.2) is 0 Å². The second kappa shape index (κ2) is 8.06. The zero-order chi connectivity index (χ0) is 14.7. The lowest BCUT2D eigenvalue weighted by Gasteiger charge is -2.27. The highest BCUT2D eigenvalue weighted by Gasteiger charge is 2.11. The van der Waals surface area contributed by atoms with Crippen molar-refractivity contribution in [2.24, 2.45) is 10.7 Å². The van der Waals surface area contributed by atoms with Gasteiger partial charge in [-0.05, 0) is 49.4 Å². The number of rotatable bonds is 3. The number of aliphatic imine (C=N–C) groups is 1. The highest BCUT2D eigenvalue weighted by Crippen LogP contribution is 2.22. The van der Waals surface area contributed by atoms with Crippen LogP contribution < -0.4 is 5.73 Å². The molecular formula is C16H22ClIN4. The summed E-state index contributed by atoms with van der Waals surface area (Å²) in [6, 6.07) is 5.91. The number of hydrogen-bond acceptors (Lipinski definition) is 1. The minimum atomic E-state index is 0. The second-order valence-corrected chi connectivity index (χ2v) is 5.98. The molecular weight excluding hydrogens is 411 g/mol. The molecule has 0 saturated carbocycles. The van der Waals surface area contributed by atoms with Gasteiger partial charge in [0.2, 0.25) is 0 Å². The normalized spacial score (nSPS) is 15.9. The van der Waals surface area contributed by atoms with Crippen LogP contribution in [0.25, 0.3) is 10.9 Å². The van der Waals surface area contributed by atoms with Gasteiger partial charge in [0.15, 0.2) is 5.96 Å². The zero-order valence-corrected chi connectivity index (χ0v) is 15.6. The van der Waals surface area contributed by atoms with Crippen molar-refractivity contribution in [2.45, 2.75) is 25.7 Å². The Kier molecular flexibility index (Phi) is 6.37. The van der Waals surface area contributed by atoms with Gasteiger partial charge in [0, 0.05) is 41.8 Å². The van der Waals surface area contributed by atoms with Crippen LogP contribution >= 0.6 is 35.6 Å². The van der Waals surface area contributed by atoms with Gasteiger partial charge in [-0.15, -0.1) is 24.0 Å². The molecule has 2 heterocycles. The lowest BCUT2D eigenvalue weighted by molar-refractivity contribution is 0.338. The molecule has 1 aromatic heterocycles. The third-order valence-electron chi connectivity index (χ3n) is 4.06.